The minimum absolute atomic E-state index is 0.241. The lowest BCUT2D eigenvalue weighted by Crippen LogP contribution is -2.45. The Balaban J connectivity index is 3.05. The third kappa shape index (κ3) is 3.54. The molecule has 2 amide bonds. The predicted molar refractivity (Wildman–Crippen MR) is 76.8 cm³/mol. The first-order chi connectivity index (χ1) is 9.52. The lowest BCUT2D eigenvalue weighted by Gasteiger charge is -2.24. The molecule has 5 nitrogen and oxygen atoms in total. The highest BCUT2D eigenvalue weighted by Crippen LogP contribution is 2.14. The van der Waals surface area contributed by atoms with Crippen molar-refractivity contribution in [2.75, 3.05) is 14.1 Å². The third-order valence-electron chi connectivity index (χ3n) is 3.05. The molecule has 0 aromatic heterocycles. The zero-order valence-electron chi connectivity index (χ0n) is 11.7. The summed E-state index contributed by atoms with van der Waals surface area (Å²) in [5.41, 5.74) is 1.04. The van der Waals surface area contributed by atoms with Crippen LogP contribution in [0.15, 0.2) is 30.3 Å². The van der Waals surface area contributed by atoms with Gasteiger partial charge in [-0.25, -0.2) is 0 Å². The van der Waals surface area contributed by atoms with Gasteiger partial charge in [-0.3, -0.25) is 14.4 Å². The molecule has 1 aromatic carbocycles. The van der Waals surface area contributed by atoms with Crippen molar-refractivity contribution >= 4 is 24.2 Å². The summed E-state index contributed by atoms with van der Waals surface area (Å²) in [5.74, 6) is -0.526. The molecule has 1 aromatic rings. The highest BCUT2D eigenvalue weighted by Gasteiger charge is 2.23. The summed E-state index contributed by atoms with van der Waals surface area (Å²) in [6, 6.07) is 6.29. The number of rotatable bonds is 5. The number of hydrogen-bond donors (Lipinski definition) is 1. The van der Waals surface area contributed by atoms with E-state index in [1.165, 1.54) is 24.1 Å². The van der Waals surface area contributed by atoms with E-state index in [1.54, 1.807) is 44.5 Å². The number of hydrogen-bond acceptors (Lipinski definition) is 3. The molecule has 1 rings (SSSR count). The van der Waals surface area contributed by atoms with Crippen molar-refractivity contribution < 1.29 is 14.4 Å². The van der Waals surface area contributed by atoms with Gasteiger partial charge in [0.25, 0.3) is 5.91 Å². The van der Waals surface area contributed by atoms with Gasteiger partial charge in [0, 0.05) is 19.7 Å². The van der Waals surface area contributed by atoms with Crippen LogP contribution in [0.3, 0.4) is 0 Å². The predicted octanol–water partition coefficient (Wildman–Crippen LogP) is 1.02. The first kappa shape index (κ1) is 15.6. The van der Waals surface area contributed by atoms with Crippen LogP contribution in [0.1, 0.15) is 22.8 Å². The molecule has 1 atom stereocenters. The van der Waals surface area contributed by atoms with Crippen LogP contribution in [0.2, 0.25) is 0 Å². The molecule has 5 heteroatoms. The topological polar surface area (TPSA) is 66.5 Å². The molecule has 0 saturated heterocycles. The van der Waals surface area contributed by atoms with E-state index in [1.807, 2.05) is 0 Å². The molecule has 0 aliphatic carbocycles. The third-order valence-corrected chi connectivity index (χ3v) is 3.05. The molecule has 0 bridgehead atoms. The fraction of sp³-hybridized carbons (Fsp3) is 0.267. The van der Waals surface area contributed by atoms with Crippen molar-refractivity contribution in [2.24, 2.45) is 0 Å². The van der Waals surface area contributed by atoms with E-state index in [-0.39, 0.29) is 11.8 Å². The van der Waals surface area contributed by atoms with Crippen LogP contribution in [0.4, 0.5) is 0 Å². The first-order valence-electron chi connectivity index (χ1n) is 6.15. The van der Waals surface area contributed by atoms with Gasteiger partial charge in [-0.1, -0.05) is 24.3 Å². The summed E-state index contributed by atoms with van der Waals surface area (Å²) in [6.45, 7) is 1.65. The quantitative estimate of drug-likeness (QED) is 0.814. The zero-order chi connectivity index (χ0) is 15.1. The van der Waals surface area contributed by atoms with Crippen molar-refractivity contribution in [3.63, 3.8) is 0 Å². The van der Waals surface area contributed by atoms with Crippen LogP contribution in [0, 0.1) is 0 Å². The minimum atomic E-state index is -0.581. The van der Waals surface area contributed by atoms with E-state index in [2.05, 4.69) is 5.32 Å². The summed E-state index contributed by atoms with van der Waals surface area (Å²) < 4.78 is 0. The minimum Gasteiger partial charge on any atom is -0.357 e. The Bertz CT molecular complexity index is 538. The van der Waals surface area contributed by atoms with Gasteiger partial charge in [-0.05, 0) is 24.6 Å². The van der Waals surface area contributed by atoms with Gasteiger partial charge in [-0.2, -0.15) is 0 Å². The highest BCUT2D eigenvalue weighted by atomic mass is 16.2. The maximum absolute atomic E-state index is 12.4. The van der Waals surface area contributed by atoms with Gasteiger partial charge in [0.05, 0.1) is 0 Å². The molecule has 105 valence electrons. The summed E-state index contributed by atoms with van der Waals surface area (Å²) in [4.78, 5) is 35.6. The second-order valence-electron chi connectivity index (χ2n) is 4.24. The lowest BCUT2D eigenvalue weighted by atomic mass is 10.1. The van der Waals surface area contributed by atoms with Crippen LogP contribution in [-0.2, 0) is 9.59 Å². The van der Waals surface area contributed by atoms with Crippen LogP contribution in [0.25, 0.3) is 6.08 Å². The van der Waals surface area contributed by atoms with Gasteiger partial charge >= 0.3 is 0 Å². The van der Waals surface area contributed by atoms with Crippen LogP contribution in [0.5, 0.6) is 0 Å². The van der Waals surface area contributed by atoms with Crippen molar-refractivity contribution in [3.05, 3.63) is 41.5 Å². The molecule has 1 unspecified atom stereocenters. The summed E-state index contributed by atoms with van der Waals surface area (Å²) in [6.07, 6.45) is 4.36. The number of carbonyl (C=O) groups excluding carboxylic acids is 3. The second kappa shape index (κ2) is 7.23. The Morgan fingerprint density at radius 3 is 2.60 bits per heavy atom. The number of nitrogens with zero attached hydrogens (tertiary/aromatic N) is 1. The Hall–Kier alpha value is -2.43. The Morgan fingerprint density at radius 2 is 2.00 bits per heavy atom. The van der Waals surface area contributed by atoms with Crippen molar-refractivity contribution in [1.29, 1.82) is 0 Å². The van der Waals surface area contributed by atoms with Gasteiger partial charge in [0.2, 0.25) is 12.2 Å². The van der Waals surface area contributed by atoms with E-state index in [4.69, 9.17) is 0 Å². The van der Waals surface area contributed by atoms with Crippen LogP contribution < -0.4 is 5.32 Å². The van der Waals surface area contributed by atoms with E-state index in [0.29, 0.717) is 11.1 Å². The van der Waals surface area contributed by atoms with Crippen molar-refractivity contribution in [2.45, 2.75) is 13.0 Å². The smallest absolute Gasteiger partial charge is 0.254 e. The molecule has 20 heavy (non-hydrogen) atoms. The monoisotopic (exact) mass is 273 g/mol. The van der Waals surface area contributed by atoms with E-state index in [9.17, 15) is 14.4 Å². The number of likely N-dealkylation sites (N-methyl/N-ethyl adjacent to an activating group) is 2. The van der Waals surface area contributed by atoms with Gasteiger partial charge < -0.3 is 10.2 Å². The molecule has 1 radical (unpaired) electrons. The Morgan fingerprint density at radius 1 is 1.35 bits per heavy atom. The fourth-order valence-electron chi connectivity index (χ4n) is 1.71. The molecule has 1 N–H and O–H groups in total. The molecular formula is C15H17N2O3. The maximum Gasteiger partial charge on any atom is 0.254 e. The fourth-order valence-corrected chi connectivity index (χ4v) is 1.71. The Labute approximate surface area is 118 Å². The standard InChI is InChI=1S/C15H17N2O3/c1-11(14(19)16-2)17(3)15(20)13-9-5-4-7-12(13)8-6-10-18/h4-9,11H,1-3H3,(H,16,19)/b8-6+. The second-order valence-corrected chi connectivity index (χ2v) is 4.24. The zero-order valence-corrected chi connectivity index (χ0v) is 11.7. The number of nitrogens with one attached hydrogen (secondary N) is 1. The highest BCUT2D eigenvalue weighted by molar-refractivity contribution is 6.00. The average Bonchev–Trinajstić information content (AvgIpc) is 2.50. The molecule has 0 fully saturated rings. The van der Waals surface area contributed by atoms with Crippen LogP contribution >= 0.6 is 0 Å². The lowest BCUT2D eigenvalue weighted by molar-refractivity contribution is -0.124. The number of amides is 2. The molecular weight excluding hydrogens is 256 g/mol. The number of benzene rings is 1. The number of carbonyl (C=O) groups is 2. The van der Waals surface area contributed by atoms with Gasteiger partial charge in [-0.15, -0.1) is 0 Å². The van der Waals surface area contributed by atoms with Crippen LogP contribution in [-0.4, -0.2) is 43.1 Å². The molecule has 0 aliphatic rings. The molecule has 0 spiro atoms. The van der Waals surface area contributed by atoms with Gasteiger partial charge in [0.1, 0.15) is 6.04 Å². The first-order valence-corrected chi connectivity index (χ1v) is 6.15. The van der Waals surface area contributed by atoms with E-state index < -0.39 is 6.04 Å². The summed E-state index contributed by atoms with van der Waals surface area (Å²) in [7, 11) is 3.09. The summed E-state index contributed by atoms with van der Waals surface area (Å²) in [5, 5.41) is 2.50. The van der Waals surface area contributed by atoms with E-state index in [0.717, 1.165) is 0 Å². The molecule has 0 saturated carbocycles. The van der Waals surface area contributed by atoms with Gasteiger partial charge in [0.15, 0.2) is 0 Å². The summed E-state index contributed by atoms with van der Waals surface area (Å²) >= 11 is 0. The normalized spacial score (nSPS) is 11.9. The SMILES string of the molecule is CNC(=O)C(C)N(C)C(=O)c1ccccc1/C=C/[C]=O. The largest absolute Gasteiger partial charge is 0.357 e. The number of allylic oxidation sites excluding steroid dienone is 1. The molecule has 0 heterocycles. The maximum atomic E-state index is 12.4. The van der Waals surface area contributed by atoms with E-state index >= 15 is 0 Å². The molecule has 0 aliphatic heterocycles. The van der Waals surface area contributed by atoms with Crippen molar-refractivity contribution in [1.82, 2.24) is 10.2 Å². The average molecular weight is 273 g/mol. The Kier molecular flexibility index (Phi) is 5.65. The van der Waals surface area contributed by atoms with Crippen molar-refractivity contribution in [3.8, 4) is 0 Å².